The molecule has 44 heavy (non-hydrogen) atoms. The summed E-state index contributed by atoms with van der Waals surface area (Å²) >= 11 is 0. The molecule has 1 amide bonds. The standard InChI is InChI=1S/C32H39NO11/c1-39-19-11-10-17(12-21(19)40-2)20-13-18(34)24-23(43-20)14-22(41-3)25(29(24)42-4)30-27(36)26(35)28(37)31(44-30)32(38)33-15-16-8-6-5-7-9-16/h10-14,16,26-28,30-31,35-37H,5-9,15H2,1-4H3,(H,33,38)/t26-,27-,28+,30+,31+/m1/s1. The Labute approximate surface area is 254 Å². The van der Waals surface area contributed by atoms with E-state index in [1.807, 2.05) is 0 Å². The Morgan fingerprint density at radius 2 is 1.57 bits per heavy atom. The van der Waals surface area contributed by atoms with Crippen LogP contribution in [0.3, 0.4) is 0 Å². The first-order valence-electron chi connectivity index (χ1n) is 14.6. The van der Waals surface area contributed by atoms with Crippen LogP contribution in [0.15, 0.2) is 39.5 Å². The number of fused-ring (bicyclic) bond motifs is 1. The van der Waals surface area contributed by atoms with Crippen LogP contribution in [0.2, 0.25) is 0 Å². The molecule has 1 aliphatic carbocycles. The highest BCUT2D eigenvalue weighted by Crippen LogP contribution is 2.46. The third kappa shape index (κ3) is 5.94. The molecule has 1 saturated carbocycles. The van der Waals surface area contributed by atoms with Crippen molar-refractivity contribution in [1.29, 1.82) is 0 Å². The zero-order valence-corrected chi connectivity index (χ0v) is 25.2. The van der Waals surface area contributed by atoms with Crippen LogP contribution in [0, 0.1) is 5.92 Å². The van der Waals surface area contributed by atoms with Crippen LogP contribution in [0.4, 0.5) is 0 Å². The topological polar surface area (TPSA) is 166 Å². The van der Waals surface area contributed by atoms with Crippen molar-refractivity contribution in [3.63, 3.8) is 0 Å². The number of amides is 1. The molecule has 238 valence electrons. The number of nitrogens with one attached hydrogen (secondary N) is 1. The smallest absolute Gasteiger partial charge is 0.251 e. The van der Waals surface area contributed by atoms with E-state index >= 15 is 0 Å². The molecule has 12 heteroatoms. The highest BCUT2D eigenvalue weighted by molar-refractivity contribution is 5.89. The second kappa shape index (κ2) is 13.4. The summed E-state index contributed by atoms with van der Waals surface area (Å²) in [5.74, 6) is 0.978. The molecule has 0 spiro atoms. The number of ether oxygens (including phenoxy) is 5. The Balaban J connectivity index is 1.53. The van der Waals surface area contributed by atoms with Crippen molar-refractivity contribution in [3.05, 3.63) is 46.1 Å². The summed E-state index contributed by atoms with van der Waals surface area (Å²) in [5.41, 5.74) is 0.280. The van der Waals surface area contributed by atoms with E-state index < -0.39 is 41.9 Å². The molecule has 2 fully saturated rings. The lowest BCUT2D eigenvalue weighted by molar-refractivity contribution is -0.223. The molecule has 1 aliphatic heterocycles. The van der Waals surface area contributed by atoms with E-state index in [4.69, 9.17) is 28.1 Å². The molecule has 0 radical (unpaired) electrons. The van der Waals surface area contributed by atoms with E-state index in [-0.39, 0.29) is 33.8 Å². The summed E-state index contributed by atoms with van der Waals surface area (Å²) in [7, 11) is 5.71. The third-order valence-corrected chi connectivity index (χ3v) is 8.51. The van der Waals surface area contributed by atoms with E-state index in [9.17, 15) is 24.9 Å². The Morgan fingerprint density at radius 3 is 2.23 bits per heavy atom. The molecule has 2 aromatic carbocycles. The summed E-state index contributed by atoms with van der Waals surface area (Å²) < 4.78 is 34.1. The normalized spacial score (nSPS) is 24.1. The number of rotatable bonds is 9. The molecule has 2 aliphatic rings. The number of aliphatic hydroxyl groups is 3. The fourth-order valence-electron chi connectivity index (χ4n) is 6.13. The van der Waals surface area contributed by atoms with Crippen LogP contribution < -0.4 is 29.7 Å². The highest BCUT2D eigenvalue weighted by Gasteiger charge is 2.49. The number of benzene rings is 2. The van der Waals surface area contributed by atoms with Crippen LogP contribution in [0.5, 0.6) is 23.0 Å². The highest BCUT2D eigenvalue weighted by atomic mass is 16.5. The lowest BCUT2D eigenvalue weighted by Gasteiger charge is -2.40. The van der Waals surface area contributed by atoms with Gasteiger partial charge in [-0.3, -0.25) is 9.59 Å². The number of hydrogen-bond acceptors (Lipinski definition) is 11. The minimum Gasteiger partial charge on any atom is -0.496 e. The van der Waals surface area contributed by atoms with Crippen LogP contribution in [-0.2, 0) is 9.53 Å². The van der Waals surface area contributed by atoms with E-state index in [0.717, 1.165) is 25.7 Å². The second-order valence-electron chi connectivity index (χ2n) is 11.1. The maximum absolute atomic E-state index is 13.6. The first kappa shape index (κ1) is 31.6. The van der Waals surface area contributed by atoms with Gasteiger partial charge >= 0.3 is 0 Å². The summed E-state index contributed by atoms with van der Waals surface area (Å²) in [5, 5.41) is 35.4. The van der Waals surface area contributed by atoms with Gasteiger partial charge in [-0.05, 0) is 37.0 Å². The zero-order chi connectivity index (χ0) is 31.5. The molecule has 0 unspecified atom stereocenters. The number of carbonyl (C=O) groups excluding carboxylic acids is 1. The lowest BCUT2D eigenvalue weighted by Crippen LogP contribution is -2.59. The molecule has 5 rings (SSSR count). The molecule has 1 aromatic heterocycles. The number of carbonyl (C=O) groups is 1. The van der Waals surface area contributed by atoms with Gasteiger partial charge in [-0.2, -0.15) is 0 Å². The maximum atomic E-state index is 13.6. The lowest BCUT2D eigenvalue weighted by atomic mass is 9.88. The molecule has 4 N–H and O–H groups in total. The van der Waals surface area contributed by atoms with E-state index in [1.54, 1.807) is 18.2 Å². The second-order valence-corrected chi connectivity index (χ2v) is 11.1. The Hall–Kier alpha value is -3.84. The SMILES string of the molecule is COc1ccc(-c2cc(=O)c3c(OC)c([C@@H]4O[C@H](C(=O)NCC5CCCCC5)[C@@H](O)[C@H](O)[C@H]4O)c(OC)cc3o2)cc1OC. The van der Waals surface area contributed by atoms with Gasteiger partial charge < -0.3 is 48.7 Å². The van der Waals surface area contributed by atoms with Gasteiger partial charge in [0.2, 0.25) is 0 Å². The predicted octanol–water partition coefficient (Wildman–Crippen LogP) is 2.71. The van der Waals surface area contributed by atoms with Crippen molar-refractivity contribution in [2.75, 3.05) is 35.0 Å². The van der Waals surface area contributed by atoms with Crippen molar-refractivity contribution in [1.82, 2.24) is 5.32 Å². The Kier molecular flexibility index (Phi) is 9.64. The van der Waals surface area contributed by atoms with Crippen molar-refractivity contribution in [2.45, 2.75) is 62.6 Å². The summed E-state index contributed by atoms with van der Waals surface area (Å²) in [6, 6.07) is 7.81. The summed E-state index contributed by atoms with van der Waals surface area (Å²) in [6.45, 7) is 0.417. The minimum atomic E-state index is -1.74. The summed E-state index contributed by atoms with van der Waals surface area (Å²) in [6.07, 6.45) is -2.67. The number of hydrogen-bond donors (Lipinski definition) is 4. The molecular formula is C32H39NO11. The quantitative estimate of drug-likeness (QED) is 0.280. The van der Waals surface area contributed by atoms with Gasteiger partial charge in [0.25, 0.3) is 5.91 Å². The van der Waals surface area contributed by atoms with Gasteiger partial charge in [0.15, 0.2) is 23.0 Å². The van der Waals surface area contributed by atoms with Gasteiger partial charge in [0, 0.05) is 24.2 Å². The van der Waals surface area contributed by atoms with Gasteiger partial charge in [-0.15, -0.1) is 0 Å². The fourth-order valence-corrected chi connectivity index (χ4v) is 6.13. The van der Waals surface area contributed by atoms with Gasteiger partial charge in [-0.25, -0.2) is 0 Å². The van der Waals surface area contributed by atoms with Crippen LogP contribution in [-0.4, -0.2) is 80.6 Å². The van der Waals surface area contributed by atoms with E-state index in [0.29, 0.717) is 29.5 Å². The van der Waals surface area contributed by atoms with Crippen molar-refractivity contribution in [2.24, 2.45) is 5.92 Å². The van der Waals surface area contributed by atoms with Crippen LogP contribution in [0.25, 0.3) is 22.3 Å². The third-order valence-electron chi connectivity index (χ3n) is 8.51. The molecule has 2 heterocycles. The Morgan fingerprint density at radius 1 is 0.864 bits per heavy atom. The van der Waals surface area contributed by atoms with Gasteiger partial charge in [-0.1, -0.05) is 19.3 Å². The molecule has 0 bridgehead atoms. The first-order chi connectivity index (χ1) is 21.2. The molecular weight excluding hydrogens is 574 g/mol. The fraction of sp³-hybridized carbons (Fsp3) is 0.500. The summed E-state index contributed by atoms with van der Waals surface area (Å²) in [4.78, 5) is 26.8. The zero-order valence-electron chi connectivity index (χ0n) is 25.2. The van der Waals surface area contributed by atoms with Gasteiger partial charge in [0.05, 0.1) is 34.0 Å². The average molecular weight is 614 g/mol. The number of aliphatic hydroxyl groups excluding tert-OH is 3. The van der Waals surface area contributed by atoms with Gasteiger partial charge in [0.1, 0.15) is 52.6 Å². The largest absolute Gasteiger partial charge is 0.496 e. The molecule has 1 saturated heterocycles. The monoisotopic (exact) mass is 613 g/mol. The molecule has 3 aromatic rings. The maximum Gasteiger partial charge on any atom is 0.251 e. The first-order valence-corrected chi connectivity index (χ1v) is 14.6. The van der Waals surface area contributed by atoms with Crippen molar-refractivity contribution < 1.29 is 48.2 Å². The Bertz CT molecular complexity index is 1550. The minimum absolute atomic E-state index is 0.0269. The molecule has 12 nitrogen and oxygen atoms in total. The molecule has 5 atom stereocenters. The van der Waals surface area contributed by atoms with Crippen molar-refractivity contribution in [3.8, 4) is 34.3 Å². The number of methoxy groups -OCH3 is 4. The predicted molar refractivity (Wildman–Crippen MR) is 159 cm³/mol. The van der Waals surface area contributed by atoms with Crippen LogP contribution in [0.1, 0.15) is 43.8 Å². The van der Waals surface area contributed by atoms with Crippen LogP contribution >= 0.6 is 0 Å². The van der Waals surface area contributed by atoms with E-state index in [1.165, 1.54) is 47.0 Å². The van der Waals surface area contributed by atoms with Crippen molar-refractivity contribution >= 4 is 16.9 Å². The van der Waals surface area contributed by atoms with E-state index in [2.05, 4.69) is 5.32 Å². The average Bonchev–Trinajstić information content (AvgIpc) is 3.05.